The maximum absolute atomic E-state index is 14.1. The predicted octanol–water partition coefficient (Wildman–Crippen LogP) is 5.41. The molecule has 0 aliphatic heterocycles. The van der Waals surface area contributed by atoms with Gasteiger partial charge in [0.2, 0.25) is 11.8 Å². The highest BCUT2D eigenvalue weighted by atomic mass is 35.5. The van der Waals surface area contributed by atoms with E-state index in [-0.39, 0.29) is 41.2 Å². The first-order valence-electron chi connectivity index (χ1n) is 13.8. The molecule has 0 spiro atoms. The van der Waals surface area contributed by atoms with Gasteiger partial charge in [-0.2, -0.15) is 0 Å². The summed E-state index contributed by atoms with van der Waals surface area (Å²) < 4.78 is 53.4. The fraction of sp³-hybridized carbons (Fsp3) is 0.355. The highest BCUT2D eigenvalue weighted by molar-refractivity contribution is 7.92. The molecule has 12 heteroatoms. The minimum atomic E-state index is -4.41. The molecule has 1 N–H and O–H groups in total. The molecule has 0 saturated heterocycles. The number of rotatable bonds is 14. The second-order valence-corrected chi connectivity index (χ2v) is 12.1. The third-order valence-corrected chi connectivity index (χ3v) is 9.16. The number of methoxy groups -OCH3 is 2. The van der Waals surface area contributed by atoms with Crippen molar-refractivity contribution in [3.63, 3.8) is 0 Å². The van der Waals surface area contributed by atoms with E-state index in [2.05, 4.69) is 5.32 Å². The first-order valence-corrected chi connectivity index (χ1v) is 15.6. The molecule has 2 unspecified atom stereocenters. The number of carbonyl (C=O) groups excluding carboxylic acids is 2. The first kappa shape index (κ1) is 33.7. The van der Waals surface area contributed by atoms with E-state index >= 15 is 0 Å². The predicted molar refractivity (Wildman–Crippen MR) is 164 cm³/mol. The summed E-state index contributed by atoms with van der Waals surface area (Å²) in [5, 5.41) is 3.32. The smallest absolute Gasteiger partial charge is 0.264 e. The van der Waals surface area contributed by atoms with Crippen LogP contribution in [0.3, 0.4) is 0 Å². The maximum atomic E-state index is 14.1. The number of hydrogen-bond donors (Lipinski definition) is 1. The fourth-order valence-corrected chi connectivity index (χ4v) is 6.04. The molecule has 0 aliphatic carbocycles. The Balaban J connectivity index is 2.10. The van der Waals surface area contributed by atoms with E-state index in [1.807, 2.05) is 13.8 Å². The number of ether oxygens (including phenoxy) is 2. The summed E-state index contributed by atoms with van der Waals surface area (Å²) in [5.41, 5.74) is 0.641. The van der Waals surface area contributed by atoms with Gasteiger partial charge >= 0.3 is 0 Å². The summed E-state index contributed by atoms with van der Waals surface area (Å²) in [4.78, 5) is 28.7. The topological polar surface area (TPSA) is 105 Å². The quantitative estimate of drug-likeness (QED) is 0.254. The van der Waals surface area contributed by atoms with Crippen molar-refractivity contribution < 1.29 is 31.9 Å². The Morgan fingerprint density at radius 3 is 2.19 bits per heavy atom. The highest BCUT2D eigenvalue weighted by Gasteiger charge is 2.34. The van der Waals surface area contributed by atoms with Gasteiger partial charge in [-0.05, 0) is 67.8 Å². The summed E-state index contributed by atoms with van der Waals surface area (Å²) in [6.07, 6.45) is 0.944. The van der Waals surface area contributed by atoms with Crippen molar-refractivity contribution >= 4 is 39.1 Å². The van der Waals surface area contributed by atoms with Crippen molar-refractivity contribution in [3.05, 3.63) is 83.1 Å². The summed E-state index contributed by atoms with van der Waals surface area (Å²) in [5.74, 6) is -1.11. The van der Waals surface area contributed by atoms with Gasteiger partial charge in [0.25, 0.3) is 10.0 Å². The average Bonchev–Trinajstić information content (AvgIpc) is 3.00. The molecule has 43 heavy (non-hydrogen) atoms. The molecular weight excluding hydrogens is 597 g/mol. The summed E-state index contributed by atoms with van der Waals surface area (Å²) in [7, 11) is -1.61. The Hall–Kier alpha value is -3.83. The molecule has 0 aromatic heterocycles. The van der Waals surface area contributed by atoms with Gasteiger partial charge in [0.05, 0.1) is 24.8 Å². The number of carbonyl (C=O) groups is 2. The number of sulfonamides is 1. The number of halogens is 2. The van der Waals surface area contributed by atoms with Crippen molar-refractivity contribution in [2.75, 3.05) is 25.1 Å². The summed E-state index contributed by atoms with van der Waals surface area (Å²) in [6.45, 7) is 4.83. The number of benzene rings is 3. The average molecular weight is 634 g/mol. The SMILES string of the molecule is CCC(C)NC(=O)C(CC)N(Cc1ccccc1Cl)C(=O)CN(c1ccc(F)cc1)S(=O)(=O)c1ccc(OC)c(OC)c1. The zero-order chi connectivity index (χ0) is 31.7. The third kappa shape index (κ3) is 8.17. The van der Waals surface area contributed by atoms with E-state index in [0.717, 1.165) is 16.4 Å². The van der Waals surface area contributed by atoms with Gasteiger partial charge < -0.3 is 19.7 Å². The fourth-order valence-electron chi connectivity index (χ4n) is 4.41. The highest BCUT2D eigenvalue weighted by Crippen LogP contribution is 2.32. The van der Waals surface area contributed by atoms with Crippen LogP contribution in [-0.4, -0.2) is 58.0 Å². The van der Waals surface area contributed by atoms with Crippen molar-refractivity contribution in [1.29, 1.82) is 0 Å². The number of anilines is 1. The summed E-state index contributed by atoms with van der Waals surface area (Å²) >= 11 is 6.43. The maximum Gasteiger partial charge on any atom is 0.264 e. The van der Waals surface area contributed by atoms with Gasteiger partial charge in [-0.25, -0.2) is 12.8 Å². The Kier molecular flexibility index (Phi) is 11.8. The molecule has 0 fully saturated rings. The van der Waals surface area contributed by atoms with Crippen LogP contribution in [0.1, 0.15) is 39.2 Å². The van der Waals surface area contributed by atoms with Crippen LogP contribution in [0, 0.1) is 5.82 Å². The molecule has 2 amide bonds. The first-order chi connectivity index (χ1) is 20.5. The number of nitrogens with one attached hydrogen (secondary N) is 1. The summed E-state index contributed by atoms with van der Waals surface area (Å²) in [6, 6.07) is 14.7. The van der Waals surface area contributed by atoms with E-state index in [9.17, 15) is 22.4 Å². The molecule has 0 radical (unpaired) electrons. The Bertz CT molecular complexity index is 1520. The van der Waals surface area contributed by atoms with Crippen LogP contribution in [0.25, 0.3) is 0 Å². The lowest BCUT2D eigenvalue weighted by atomic mass is 10.1. The Labute approximate surface area is 257 Å². The number of hydrogen-bond acceptors (Lipinski definition) is 6. The number of amides is 2. The Morgan fingerprint density at radius 1 is 0.953 bits per heavy atom. The molecule has 2 atom stereocenters. The minimum Gasteiger partial charge on any atom is -0.493 e. The second-order valence-electron chi connectivity index (χ2n) is 9.86. The van der Waals surface area contributed by atoms with Crippen LogP contribution in [0.5, 0.6) is 11.5 Å². The second kappa shape index (κ2) is 15.1. The van der Waals surface area contributed by atoms with Gasteiger partial charge in [-0.15, -0.1) is 0 Å². The third-order valence-electron chi connectivity index (χ3n) is 7.02. The molecular formula is C31H37ClFN3O6S. The van der Waals surface area contributed by atoms with Gasteiger partial charge in [0.15, 0.2) is 11.5 Å². The van der Waals surface area contributed by atoms with Crippen molar-refractivity contribution in [1.82, 2.24) is 10.2 Å². The molecule has 3 aromatic carbocycles. The Morgan fingerprint density at radius 2 is 1.60 bits per heavy atom. The molecule has 232 valence electrons. The van der Waals surface area contributed by atoms with Crippen LogP contribution in [-0.2, 0) is 26.2 Å². The zero-order valence-corrected chi connectivity index (χ0v) is 26.4. The van der Waals surface area contributed by atoms with E-state index < -0.39 is 34.3 Å². The van der Waals surface area contributed by atoms with Crippen LogP contribution >= 0.6 is 11.6 Å². The number of nitrogens with zero attached hydrogens (tertiary/aromatic N) is 2. The molecule has 0 saturated carbocycles. The van der Waals surface area contributed by atoms with Crippen LogP contribution in [0.4, 0.5) is 10.1 Å². The van der Waals surface area contributed by atoms with E-state index in [0.29, 0.717) is 22.8 Å². The van der Waals surface area contributed by atoms with Crippen molar-refractivity contribution in [2.45, 2.75) is 57.1 Å². The lowest BCUT2D eigenvalue weighted by molar-refractivity contribution is -0.140. The van der Waals surface area contributed by atoms with Gasteiger partial charge in [-0.3, -0.25) is 13.9 Å². The van der Waals surface area contributed by atoms with E-state index in [1.54, 1.807) is 31.2 Å². The van der Waals surface area contributed by atoms with E-state index in [1.165, 1.54) is 49.5 Å². The molecule has 3 aromatic rings. The molecule has 3 rings (SSSR count). The van der Waals surface area contributed by atoms with Crippen molar-refractivity contribution in [3.8, 4) is 11.5 Å². The standard InChI is InChI=1S/C31H37ClFN3O6S/c1-6-21(3)34-31(38)27(7-2)35(19-22-10-8-9-11-26(22)32)30(37)20-36(24-14-12-23(33)13-15-24)43(39,40)25-16-17-28(41-4)29(18-25)42-5/h8-18,21,27H,6-7,19-20H2,1-5H3,(H,34,38). The monoisotopic (exact) mass is 633 g/mol. The molecule has 9 nitrogen and oxygen atoms in total. The van der Waals surface area contributed by atoms with Gasteiger partial charge in [-0.1, -0.05) is 43.6 Å². The molecule has 0 bridgehead atoms. The van der Waals surface area contributed by atoms with Crippen LogP contribution < -0.4 is 19.1 Å². The lowest BCUT2D eigenvalue weighted by Crippen LogP contribution is -2.53. The van der Waals surface area contributed by atoms with E-state index in [4.69, 9.17) is 21.1 Å². The normalized spacial score (nSPS) is 12.6. The zero-order valence-electron chi connectivity index (χ0n) is 24.8. The van der Waals surface area contributed by atoms with Gasteiger partial charge in [0, 0.05) is 23.7 Å². The molecule has 0 aliphatic rings. The largest absolute Gasteiger partial charge is 0.493 e. The van der Waals surface area contributed by atoms with Gasteiger partial charge in [0.1, 0.15) is 18.4 Å². The van der Waals surface area contributed by atoms with Crippen LogP contribution in [0.2, 0.25) is 5.02 Å². The minimum absolute atomic E-state index is 0.0431. The lowest BCUT2D eigenvalue weighted by Gasteiger charge is -2.34. The van der Waals surface area contributed by atoms with Crippen molar-refractivity contribution in [2.24, 2.45) is 0 Å². The molecule has 0 heterocycles. The van der Waals surface area contributed by atoms with Crippen LogP contribution in [0.15, 0.2) is 71.6 Å².